The van der Waals surface area contributed by atoms with E-state index in [4.69, 9.17) is 6.42 Å². The van der Waals surface area contributed by atoms with Crippen LogP contribution in [0.2, 0.25) is 0 Å². The van der Waals surface area contributed by atoms with Crippen molar-refractivity contribution in [3.05, 3.63) is 0 Å². The van der Waals surface area contributed by atoms with E-state index in [0.29, 0.717) is 6.04 Å². The summed E-state index contributed by atoms with van der Waals surface area (Å²) in [7, 11) is 0. The van der Waals surface area contributed by atoms with Crippen LogP contribution in [0.25, 0.3) is 0 Å². The van der Waals surface area contributed by atoms with Gasteiger partial charge in [0, 0.05) is 31.7 Å². The normalized spacial score (nSPS) is 27.4. The van der Waals surface area contributed by atoms with E-state index in [-0.39, 0.29) is 0 Å². The topological polar surface area (TPSA) is 18.5 Å². The highest BCUT2D eigenvalue weighted by atomic mass is 15.2. The second kappa shape index (κ2) is 7.13. The SMILES string of the molecule is C#CCN1CCC(NCC2CCCN2CC)CC1. The molecular formula is C15H27N3. The predicted octanol–water partition coefficient (Wildman–Crippen LogP) is 1.16. The van der Waals surface area contributed by atoms with Gasteiger partial charge in [0.05, 0.1) is 6.54 Å². The van der Waals surface area contributed by atoms with Crippen LogP contribution in [0.15, 0.2) is 0 Å². The number of piperidine rings is 1. The quantitative estimate of drug-likeness (QED) is 0.738. The Bertz CT molecular complexity index is 276. The third-order valence-electron chi connectivity index (χ3n) is 4.45. The minimum Gasteiger partial charge on any atom is -0.312 e. The summed E-state index contributed by atoms with van der Waals surface area (Å²) in [6, 6.07) is 1.48. The second-order valence-corrected chi connectivity index (χ2v) is 5.59. The van der Waals surface area contributed by atoms with Gasteiger partial charge in [-0.2, -0.15) is 0 Å². The highest BCUT2D eigenvalue weighted by Crippen LogP contribution is 2.17. The lowest BCUT2D eigenvalue weighted by atomic mass is 10.0. The Hall–Kier alpha value is -0.560. The molecule has 0 spiro atoms. The van der Waals surface area contributed by atoms with Gasteiger partial charge >= 0.3 is 0 Å². The molecule has 2 saturated heterocycles. The third-order valence-corrected chi connectivity index (χ3v) is 4.45. The lowest BCUT2D eigenvalue weighted by Gasteiger charge is -2.32. The summed E-state index contributed by atoms with van der Waals surface area (Å²) >= 11 is 0. The molecule has 1 unspecified atom stereocenters. The van der Waals surface area contributed by atoms with Gasteiger partial charge in [0.1, 0.15) is 0 Å². The van der Waals surface area contributed by atoms with Crippen molar-refractivity contribution in [1.29, 1.82) is 0 Å². The van der Waals surface area contributed by atoms with Crippen molar-refractivity contribution in [2.24, 2.45) is 0 Å². The lowest BCUT2D eigenvalue weighted by molar-refractivity contribution is 0.201. The molecule has 3 nitrogen and oxygen atoms in total. The smallest absolute Gasteiger partial charge is 0.0598 e. The summed E-state index contributed by atoms with van der Waals surface area (Å²) in [5, 5.41) is 3.77. The van der Waals surface area contributed by atoms with Gasteiger partial charge in [0.25, 0.3) is 0 Å². The molecule has 1 N–H and O–H groups in total. The molecule has 0 aromatic carbocycles. The standard InChI is InChI=1S/C15H27N3/c1-3-9-17-11-7-14(8-12-17)16-13-15-6-5-10-18(15)4-2/h1,14-16H,4-13H2,2H3. The molecule has 102 valence electrons. The van der Waals surface area contributed by atoms with Gasteiger partial charge in [-0.05, 0) is 38.8 Å². The van der Waals surface area contributed by atoms with Crippen molar-refractivity contribution in [3.8, 4) is 12.3 Å². The molecule has 0 amide bonds. The maximum absolute atomic E-state index is 5.35. The van der Waals surface area contributed by atoms with Crippen LogP contribution in [-0.2, 0) is 0 Å². The molecule has 0 aromatic rings. The number of hydrogen-bond acceptors (Lipinski definition) is 3. The van der Waals surface area contributed by atoms with Crippen LogP contribution in [-0.4, -0.2) is 61.2 Å². The maximum atomic E-state index is 5.35. The van der Waals surface area contributed by atoms with Crippen LogP contribution in [0.4, 0.5) is 0 Å². The van der Waals surface area contributed by atoms with Crippen LogP contribution in [0.3, 0.4) is 0 Å². The molecule has 2 fully saturated rings. The van der Waals surface area contributed by atoms with Crippen LogP contribution in [0.1, 0.15) is 32.6 Å². The number of terminal acetylenes is 1. The molecule has 0 saturated carbocycles. The molecule has 0 radical (unpaired) electrons. The molecule has 18 heavy (non-hydrogen) atoms. The number of hydrogen-bond donors (Lipinski definition) is 1. The summed E-state index contributed by atoms with van der Waals surface area (Å²) in [4.78, 5) is 4.99. The van der Waals surface area contributed by atoms with Crippen molar-refractivity contribution in [3.63, 3.8) is 0 Å². The Morgan fingerprint density at radius 1 is 1.22 bits per heavy atom. The lowest BCUT2D eigenvalue weighted by Crippen LogP contribution is -2.46. The Balaban J connectivity index is 1.65. The zero-order chi connectivity index (χ0) is 12.8. The molecule has 0 aliphatic carbocycles. The van der Waals surface area contributed by atoms with Crippen molar-refractivity contribution in [2.75, 3.05) is 39.3 Å². The fourth-order valence-corrected chi connectivity index (χ4v) is 3.27. The second-order valence-electron chi connectivity index (χ2n) is 5.59. The molecule has 3 heteroatoms. The first-order valence-corrected chi connectivity index (χ1v) is 7.46. The molecule has 2 heterocycles. The highest BCUT2D eigenvalue weighted by Gasteiger charge is 2.24. The van der Waals surface area contributed by atoms with Gasteiger partial charge in [-0.15, -0.1) is 6.42 Å². The number of nitrogens with one attached hydrogen (secondary N) is 1. The first-order chi connectivity index (χ1) is 8.83. The van der Waals surface area contributed by atoms with E-state index >= 15 is 0 Å². The minimum atomic E-state index is 0.707. The van der Waals surface area contributed by atoms with Crippen LogP contribution >= 0.6 is 0 Å². The number of rotatable bonds is 5. The summed E-state index contributed by atoms with van der Waals surface area (Å²) in [5.41, 5.74) is 0. The Labute approximate surface area is 112 Å². The average molecular weight is 249 g/mol. The first kappa shape index (κ1) is 13.9. The van der Waals surface area contributed by atoms with Crippen LogP contribution < -0.4 is 5.32 Å². The zero-order valence-electron chi connectivity index (χ0n) is 11.7. The largest absolute Gasteiger partial charge is 0.312 e. The monoisotopic (exact) mass is 249 g/mol. The first-order valence-electron chi connectivity index (χ1n) is 7.46. The fourth-order valence-electron chi connectivity index (χ4n) is 3.27. The zero-order valence-corrected chi connectivity index (χ0v) is 11.7. The van der Waals surface area contributed by atoms with E-state index in [1.807, 2.05) is 0 Å². The maximum Gasteiger partial charge on any atom is 0.0598 e. The summed E-state index contributed by atoms with van der Waals surface area (Å²) in [6.07, 6.45) is 10.6. The van der Waals surface area contributed by atoms with E-state index in [1.165, 1.54) is 45.3 Å². The van der Waals surface area contributed by atoms with E-state index in [0.717, 1.165) is 25.7 Å². The minimum absolute atomic E-state index is 0.707. The molecule has 0 aromatic heterocycles. The summed E-state index contributed by atoms with van der Waals surface area (Å²) in [6.45, 7) is 9.08. The van der Waals surface area contributed by atoms with E-state index < -0.39 is 0 Å². The molecule has 2 rings (SSSR count). The molecule has 2 aliphatic heterocycles. The van der Waals surface area contributed by atoms with Gasteiger partial charge < -0.3 is 5.32 Å². The summed E-state index contributed by atoms with van der Waals surface area (Å²) < 4.78 is 0. The molecule has 0 bridgehead atoms. The highest BCUT2D eigenvalue weighted by molar-refractivity contribution is 4.91. The van der Waals surface area contributed by atoms with Crippen molar-refractivity contribution in [2.45, 2.75) is 44.7 Å². The predicted molar refractivity (Wildman–Crippen MR) is 76.6 cm³/mol. The Kier molecular flexibility index (Phi) is 5.49. The Morgan fingerprint density at radius 2 is 2.00 bits per heavy atom. The molecule has 1 atom stereocenters. The van der Waals surface area contributed by atoms with Gasteiger partial charge in [-0.25, -0.2) is 0 Å². The third kappa shape index (κ3) is 3.71. The average Bonchev–Trinajstić information content (AvgIpc) is 2.86. The number of nitrogens with zero attached hydrogens (tertiary/aromatic N) is 2. The fraction of sp³-hybridized carbons (Fsp3) is 0.867. The van der Waals surface area contributed by atoms with Crippen molar-refractivity contribution >= 4 is 0 Å². The van der Waals surface area contributed by atoms with E-state index in [1.54, 1.807) is 0 Å². The van der Waals surface area contributed by atoms with Gasteiger partial charge in [0.15, 0.2) is 0 Å². The van der Waals surface area contributed by atoms with E-state index in [9.17, 15) is 0 Å². The Morgan fingerprint density at radius 3 is 2.67 bits per heavy atom. The van der Waals surface area contributed by atoms with Crippen LogP contribution in [0, 0.1) is 12.3 Å². The number of likely N-dealkylation sites (N-methyl/N-ethyl adjacent to an activating group) is 1. The summed E-state index contributed by atoms with van der Waals surface area (Å²) in [5.74, 6) is 2.74. The van der Waals surface area contributed by atoms with Crippen molar-refractivity contribution < 1.29 is 0 Å². The van der Waals surface area contributed by atoms with Crippen molar-refractivity contribution in [1.82, 2.24) is 15.1 Å². The van der Waals surface area contributed by atoms with Gasteiger partial charge in [-0.3, -0.25) is 9.80 Å². The van der Waals surface area contributed by atoms with Crippen LogP contribution in [0.5, 0.6) is 0 Å². The van der Waals surface area contributed by atoms with Gasteiger partial charge in [-0.1, -0.05) is 12.8 Å². The molecule has 2 aliphatic rings. The van der Waals surface area contributed by atoms with Gasteiger partial charge in [0.2, 0.25) is 0 Å². The number of likely N-dealkylation sites (tertiary alicyclic amines) is 2. The van der Waals surface area contributed by atoms with E-state index in [2.05, 4.69) is 28.0 Å². The molecular weight excluding hydrogens is 222 g/mol.